The molecule has 1 aliphatic heterocycles. The van der Waals surface area contributed by atoms with Gasteiger partial charge in [-0.05, 0) is 28.5 Å². The summed E-state index contributed by atoms with van der Waals surface area (Å²) in [5.74, 6) is -0.227. The molecule has 3 aromatic rings. The number of nitrogens with one attached hydrogen (secondary N) is 1. The van der Waals surface area contributed by atoms with Crippen molar-refractivity contribution in [1.29, 1.82) is 0 Å². The lowest BCUT2D eigenvalue weighted by molar-refractivity contribution is -0.136. The summed E-state index contributed by atoms with van der Waals surface area (Å²) in [6, 6.07) is 3.22. The summed E-state index contributed by atoms with van der Waals surface area (Å²) in [5, 5.41) is 4.93. The highest BCUT2D eigenvalue weighted by atomic mass is 32.1. The van der Waals surface area contributed by atoms with E-state index in [0.29, 0.717) is 42.2 Å². The van der Waals surface area contributed by atoms with Crippen LogP contribution in [0.3, 0.4) is 0 Å². The highest BCUT2D eigenvalue weighted by Crippen LogP contribution is 2.28. The highest BCUT2D eigenvalue weighted by Gasteiger charge is 2.37. The predicted octanol–water partition coefficient (Wildman–Crippen LogP) is 3.56. The molecule has 0 aliphatic carbocycles. The summed E-state index contributed by atoms with van der Waals surface area (Å²) in [6.45, 7) is 7.33. The minimum atomic E-state index is -0.419. The Hall–Kier alpha value is -3.14. The molecular weight excluding hydrogens is 443 g/mol. The van der Waals surface area contributed by atoms with Crippen LogP contribution in [0.5, 0.6) is 0 Å². The number of carbonyl (C=O) groups excluding carboxylic acids is 2. The van der Waals surface area contributed by atoms with Crippen molar-refractivity contribution in [3.8, 4) is 0 Å². The highest BCUT2D eigenvalue weighted by molar-refractivity contribution is 7.17. The Morgan fingerprint density at radius 3 is 2.73 bits per heavy atom. The van der Waals surface area contributed by atoms with E-state index in [4.69, 9.17) is 0 Å². The number of hydrogen-bond acceptors (Lipinski definition) is 7. The van der Waals surface area contributed by atoms with Crippen LogP contribution in [0.4, 0.5) is 10.3 Å². The van der Waals surface area contributed by atoms with E-state index in [1.54, 1.807) is 23.0 Å². The quantitative estimate of drug-likeness (QED) is 0.592. The van der Waals surface area contributed by atoms with Gasteiger partial charge >= 0.3 is 0 Å². The maximum Gasteiger partial charge on any atom is 0.274 e. The third-order valence-corrected chi connectivity index (χ3v) is 6.40. The van der Waals surface area contributed by atoms with Crippen molar-refractivity contribution in [3.63, 3.8) is 0 Å². The van der Waals surface area contributed by atoms with E-state index < -0.39 is 5.82 Å². The van der Waals surface area contributed by atoms with Crippen LogP contribution in [0.15, 0.2) is 29.9 Å². The molecule has 0 radical (unpaired) electrons. The topological polar surface area (TPSA) is 91.3 Å². The van der Waals surface area contributed by atoms with Gasteiger partial charge in [-0.2, -0.15) is 0 Å². The fraction of sp³-hybridized carbons (Fsp3) is 0.435. The number of thiophene rings is 1. The van der Waals surface area contributed by atoms with E-state index in [1.165, 1.54) is 17.4 Å². The number of amides is 2. The van der Waals surface area contributed by atoms with Gasteiger partial charge in [0.1, 0.15) is 5.82 Å². The molecule has 1 fully saturated rings. The fourth-order valence-corrected chi connectivity index (χ4v) is 4.43. The molecule has 4 heterocycles. The van der Waals surface area contributed by atoms with Gasteiger partial charge in [0.15, 0.2) is 5.69 Å². The lowest BCUT2D eigenvalue weighted by atomic mass is 9.91. The molecule has 8 nitrogen and oxygen atoms in total. The molecule has 0 atom stereocenters. The van der Waals surface area contributed by atoms with Gasteiger partial charge in [-0.3, -0.25) is 14.6 Å². The maximum atomic E-state index is 13.4. The van der Waals surface area contributed by atoms with Crippen molar-refractivity contribution in [2.45, 2.75) is 39.8 Å². The second-order valence-corrected chi connectivity index (χ2v) is 10.4. The lowest BCUT2D eigenvalue weighted by Crippen LogP contribution is -2.61. The van der Waals surface area contributed by atoms with E-state index >= 15 is 0 Å². The summed E-state index contributed by atoms with van der Waals surface area (Å²) in [5.41, 5.74) is 1.57. The maximum absolute atomic E-state index is 13.4. The molecule has 2 amide bonds. The predicted molar refractivity (Wildman–Crippen MR) is 125 cm³/mol. The minimum absolute atomic E-state index is 0.00235. The SMILES string of the molecule is CN(C(=O)CC(C)(C)C)C1CN(C(=O)c2nc(NCc3cncc(F)c3)nc3ccsc23)C1. The molecule has 174 valence electrons. The average Bonchev–Trinajstić information content (AvgIpc) is 3.17. The van der Waals surface area contributed by atoms with E-state index in [-0.39, 0.29) is 29.8 Å². The van der Waals surface area contributed by atoms with E-state index in [2.05, 4.69) is 20.3 Å². The molecule has 4 rings (SSSR count). The zero-order chi connectivity index (χ0) is 23.8. The van der Waals surface area contributed by atoms with Crippen LogP contribution >= 0.6 is 11.3 Å². The third kappa shape index (κ3) is 5.27. The molecule has 1 aliphatic rings. The number of pyridine rings is 1. The number of halogens is 1. The monoisotopic (exact) mass is 470 g/mol. The van der Waals surface area contributed by atoms with E-state index in [9.17, 15) is 14.0 Å². The second kappa shape index (κ2) is 9.01. The van der Waals surface area contributed by atoms with Gasteiger partial charge in [-0.15, -0.1) is 11.3 Å². The standard InChI is InChI=1S/C23H27FN6O2S/c1-23(2,3)8-18(31)29(4)16-12-30(13-16)21(32)19-20-17(5-6-33-20)27-22(28-19)26-10-14-7-15(24)11-25-9-14/h5-7,9,11,16H,8,10,12-13H2,1-4H3,(H,26,27,28). The largest absolute Gasteiger partial charge is 0.350 e. The molecule has 10 heteroatoms. The molecule has 3 aromatic heterocycles. The Morgan fingerprint density at radius 1 is 1.27 bits per heavy atom. The van der Waals surface area contributed by atoms with Gasteiger partial charge in [-0.25, -0.2) is 14.4 Å². The first-order chi connectivity index (χ1) is 15.6. The second-order valence-electron chi connectivity index (χ2n) is 9.50. The molecule has 1 saturated heterocycles. The van der Waals surface area contributed by atoms with Crippen molar-refractivity contribution in [1.82, 2.24) is 24.8 Å². The van der Waals surface area contributed by atoms with Crippen LogP contribution in [-0.2, 0) is 11.3 Å². The van der Waals surface area contributed by atoms with Gasteiger partial charge in [0.05, 0.1) is 22.5 Å². The van der Waals surface area contributed by atoms with Crippen LogP contribution < -0.4 is 5.32 Å². The third-order valence-electron chi connectivity index (χ3n) is 5.49. The zero-order valence-electron chi connectivity index (χ0n) is 19.1. The number of likely N-dealkylation sites (tertiary alicyclic amines) is 1. The summed E-state index contributed by atoms with van der Waals surface area (Å²) < 4.78 is 14.1. The minimum Gasteiger partial charge on any atom is -0.350 e. The number of likely N-dealkylation sites (N-methyl/N-ethyl adjacent to an activating group) is 1. The van der Waals surface area contributed by atoms with E-state index in [1.807, 2.05) is 32.2 Å². The Labute approximate surface area is 195 Å². The normalized spacial score (nSPS) is 14.3. The summed E-state index contributed by atoms with van der Waals surface area (Å²) in [7, 11) is 1.80. The van der Waals surface area contributed by atoms with Gasteiger partial charge < -0.3 is 15.1 Å². The number of fused-ring (bicyclic) bond motifs is 1. The smallest absolute Gasteiger partial charge is 0.274 e. The molecular formula is C23H27FN6O2S. The van der Waals surface area contributed by atoms with Crippen LogP contribution in [0.2, 0.25) is 0 Å². The van der Waals surface area contributed by atoms with Crippen LogP contribution in [0.1, 0.15) is 43.2 Å². The average molecular weight is 471 g/mol. The molecule has 0 bridgehead atoms. The Kier molecular flexibility index (Phi) is 6.29. The van der Waals surface area contributed by atoms with Crippen molar-refractivity contribution in [3.05, 3.63) is 47.0 Å². The van der Waals surface area contributed by atoms with Gasteiger partial charge in [-0.1, -0.05) is 20.8 Å². The van der Waals surface area contributed by atoms with Crippen LogP contribution in [0, 0.1) is 11.2 Å². The summed E-state index contributed by atoms with van der Waals surface area (Å²) >= 11 is 1.41. The first-order valence-corrected chi connectivity index (χ1v) is 11.6. The van der Waals surface area contributed by atoms with Gasteiger partial charge in [0, 0.05) is 39.3 Å². The number of rotatable bonds is 6. The van der Waals surface area contributed by atoms with Gasteiger partial charge in [0.2, 0.25) is 11.9 Å². The van der Waals surface area contributed by atoms with Crippen molar-refractivity contribution in [2.75, 3.05) is 25.5 Å². The summed E-state index contributed by atoms with van der Waals surface area (Å²) in [4.78, 5) is 42.0. The number of anilines is 1. The van der Waals surface area contributed by atoms with Crippen LogP contribution in [-0.4, -0.2) is 62.7 Å². The molecule has 0 spiro atoms. The van der Waals surface area contributed by atoms with Crippen molar-refractivity contribution >= 4 is 39.3 Å². The first-order valence-electron chi connectivity index (χ1n) is 10.7. The molecule has 33 heavy (non-hydrogen) atoms. The molecule has 0 unspecified atom stereocenters. The number of carbonyl (C=O) groups is 2. The zero-order valence-corrected chi connectivity index (χ0v) is 19.9. The number of aromatic nitrogens is 3. The van der Waals surface area contributed by atoms with Gasteiger partial charge in [0.25, 0.3) is 5.91 Å². The van der Waals surface area contributed by atoms with Crippen molar-refractivity contribution < 1.29 is 14.0 Å². The van der Waals surface area contributed by atoms with Crippen molar-refractivity contribution in [2.24, 2.45) is 5.41 Å². The first kappa shape index (κ1) is 23.0. The van der Waals surface area contributed by atoms with Crippen LogP contribution in [0.25, 0.3) is 10.2 Å². The fourth-order valence-electron chi connectivity index (χ4n) is 3.62. The Balaban J connectivity index is 1.45. The number of hydrogen-bond donors (Lipinski definition) is 1. The Bertz CT molecular complexity index is 1190. The lowest BCUT2D eigenvalue weighted by Gasteiger charge is -2.44. The summed E-state index contributed by atoms with van der Waals surface area (Å²) in [6.07, 6.45) is 3.16. The van der Waals surface area contributed by atoms with E-state index in [0.717, 1.165) is 10.9 Å². The number of nitrogens with zero attached hydrogens (tertiary/aromatic N) is 5. The molecule has 1 N–H and O–H groups in total. The Morgan fingerprint density at radius 2 is 2.03 bits per heavy atom. The molecule has 0 aromatic carbocycles. The molecule has 0 saturated carbocycles.